The average Bonchev–Trinajstić information content (AvgIpc) is 2.87. The Morgan fingerprint density at radius 3 is 2.78 bits per heavy atom. The summed E-state index contributed by atoms with van der Waals surface area (Å²) in [6.45, 7) is 4.07. The minimum Gasteiger partial charge on any atom is -0.316 e. The van der Waals surface area contributed by atoms with E-state index >= 15 is 0 Å². The van der Waals surface area contributed by atoms with Crippen LogP contribution in [0.1, 0.15) is 50.5 Å². The fourth-order valence-electron chi connectivity index (χ4n) is 3.06. The molecule has 0 bridgehead atoms. The lowest BCUT2D eigenvalue weighted by Crippen LogP contribution is -2.22. The lowest BCUT2D eigenvalue weighted by atomic mass is 9.88. The molecule has 0 amide bonds. The number of benzene rings is 1. The molecule has 1 fully saturated rings. The van der Waals surface area contributed by atoms with Gasteiger partial charge in [-0.3, -0.25) is 0 Å². The quantitative estimate of drug-likeness (QED) is 0.800. The van der Waals surface area contributed by atoms with Crippen LogP contribution in [0.25, 0.3) is 0 Å². The van der Waals surface area contributed by atoms with Gasteiger partial charge in [0.05, 0.1) is 0 Å². The first-order valence-corrected chi connectivity index (χ1v) is 7.25. The normalized spacial score (nSPS) is 18.1. The van der Waals surface area contributed by atoms with Crippen molar-refractivity contribution in [1.29, 1.82) is 0 Å². The molecule has 100 valence electrons. The van der Waals surface area contributed by atoms with Gasteiger partial charge in [0.1, 0.15) is 5.82 Å². The van der Waals surface area contributed by atoms with E-state index in [9.17, 15) is 4.39 Å². The smallest absolute Gasteiger partial charge is 0.123 e. The summed E-state index contributed by atoms with van der Waals surface area (Å²) in [5.41, 5.74) is 1.16. The van der Waals surface area contributed by atoms with Crippen LogP contribution in [0.2, 0.25) is 0 Å². The molecule has 1 unspecified atom stereocenters. The van der Waals surface area contributed by atoms with Crippen molar-refractivity contribution in [1.82, 2.24) is 5.32 Å². The monoisotopic (exact) mass is 249 g/mol. The molecule has 18 heavy (non-hydrogen) atoms. The van der Waals surface area contributed by atoms with E-state index in [0.29, 0.717) is 5.92 Å². The fourth-order valence-corrected chi connectivity index (χ4v) is 3.06. The number of likely N-dealkylation sites (N-methyl/N-ethyl adjacent to an activating group) is 1. The molecule has 1 aromatic carbocycles. The predicted octanol–water partition coefficient (Wildman–Crippen LogP) is 4.10. The number of nitrogens with one attached hydrogen (secondary N) is 1. The first-order valence-electron chi connectivity index (χ1n) is 7.25. The minimum atomic E-state index is -0.111. The standard InChI is InChI=1S/C16H24FN/c1-2-18-12-15(10-13-6-3-4-7-13)14-8-5-9-16(17)11-14/h5,8-9,11,13,15,18H,2-4,6-7,10,12H2,1H3. The van der Waals surface area contributed by atoms with Crippen LogP contribution in [0.5, 0.6) is 0 Å². The van der Waals surface area contributed by atoms with Gasteiger partial charge in [-0.25, -0.2) is 4.39 Å². The Kier molecular flexibility index (Phi) is 5.18. The van der Waals surface area contributed by atoms with Gasteiger partial charge in [0, 0.05) is 6.54 Å². The summed E-state index contributed by atoms with van der Waals surface area (Å²) in [4.78, 5) is 0. The molecule has 1 aliphatic carbocycles. The van der Waals surface area contributed by atoms with Gasteiger partial charge >= 0.3 is 0 Å². The number of hydrogen-bond donors (Lipinski definition) is 1. The molecule has 0 spiro atoms. The molecule has 0 saturated heterocycles. The Hall–Kier alpha value is -0.890. The van der Waals surface area contributed by atoms with Crippen LogP contribution in [0, 0.1) is 11.7 Å². The van der Waals surface area contributed by atoms with Gasteiger partial charge in [-0.1, -0.05) is 44.7 Å². The molecule has 1 N–H and O–H groups in total. The highest BCUT2D eigenvalue weighted by Gasteiger charge is 2.21. The van der Waals surface area contributed by atoms with E-state index in [1.54, 1.807) is 6.07 Å². The predicted molar refractivity (Wildman–Crippen MR) is 74.3 cm³/mol. The zero-order chi connectivity index (χ0) is 12.8. The van der Waals surface area contributed by atoms with E-state index in [1.807, 2.05) is 6.07 Å². The van der Waals surface area contributed by atoms with Crippen LogP contribution >= 0.6 is 0 Å². The van der Waals surface area contributed by atoms with Crippen LogP contribution in [-0.4, -0.2) is 13.1 Å². The second-order valence-corrected chi connectivity index (χ2v) is 5.45. The third kappa shape index (κ3) is 3.81. The third-order valence-corrected chi connectivity index (χ3v) is 4.05. The first kappa shape index (κ1) is 13.5. The van der Waals surface area contributed by atoms with Gasteiger partial charge in [0.2, 0.25) is 0 Å². The summed E-state index contributed by atoms with van der Waals surface area (Å²) in [5.74, 6) is 1.20. The van der Waals surface area contributed by atoms with Crippen LogP contribution in [-0.2, 0) is 0 Å². The molecular formula is C16H24FN. The number of halogens is 1. The second kappa shape index (κ2) is 6.89. The fraction of sp³-hybridized carbons (Fsp3) is 0.625. The van der Waals surface area contributed by atoms with E-state index in [1.165, 1.54) is 38.2 Å². The van der Waals surface area contributed by atoms with Crippen molar-refractivity contribution in [3.63, 3.8) is 0 Å². The maximum absolute atomic E-state index is 13.3. The van der Waals surface area contributed by atoms with Crippen molar-refractivity contribution < 1.29 is 4.39 Å². The Labute approximate surface area is 110 Å². The van der Waals surface area contributed by atoms with Crippen molar-refractivity contribution >= 4 is 0 Å². The highest BCUT2D eigenvalue weighted by Crippen LogP contribution is 2.34. The maximum atomic E-state index is 13.3. The summed E-state index contributed by atoms with van der Waals surface area (Å²) in [5, 5.41) is 3.42. The summed E-state index contributed by atoms with van der Waals surface area (Å²) in [6.07, 6.45) is 6.68. The Balaban J connectivity index is 2.03. The molecular weight excluding hydrogens is 225 g/mol. The van der Waals surface area contributed by atoms with E-state index in [0.717, 1.165) is 24.6 Å². The Morgan fingerprint density at radius 2 is 2.11 bits per heavy atom. The first-order chi connectivity index (χ1) is 8.79. The van der Waals surface area contributed by atoms with Gasteiger partial charge in [-0.2, -0.15) is 0 Å². The summed E-state index contributed by atoms with van der Waals surface area (Å²) >= 11 is 0. The van der Waals surface area contributed by atoms with Crippen LogP contribution in [0.15, 0.2) is 24.3 Å². The Morgan fingerprint density at radius 1 is 1.33 bits per heavy atom. The zero-order valence-corrected chi connectivity index (χ0v) is 11.3. The average molecular weight is 249 g/mol. The van der Waals surface area contributed by atoms with Gasteiger partial charge < -0.3 is 5.32 Å². The van der Waals surface area contributed by atoms with Crippen LogP contribution in [0.3, 0.4) is 0 Å². The van der Waals surface area contributed by atoms with E-state index in [4.69, 9.17) is 0 Å². The van der Waals surface area contributed by atoms with Gasteiger partial charge in [0.25, 0.3) is 0 Å². The van der Waals surface area contributed by atoms with Gasteiger partial charge in [0.15, 0.2) is 0 Å². The van der Waals surface area contributed by atoms with Crippen molar-refractivity contribution in [3.8, 4) is 0 Å². The van der Waals surface area contributed by atoms with Gasteiger partial charge in [-0.05, 0) is 42.5 Å². The maximum Gasteiger partial charge on any atom is 0.123 e. The van der Waals surface area contributed by atoms with E-state index in [-0.39, 0.29) is 5.82 Å². The molecule has 1 nitrogen and oxygen atoms in total. The number of hydrogen-bond acceptors (Lipinski definition) is 1. The summed E-state index contributed by atoms with van der Waals surface area (Å²) in [6, 6.07) is 7.14. The summed E-state index contributed by atoms with van der Waals surface area (Å²) in [7, 11) is 0. The largest absolute Gasteiger partial charge is 0.316 e. The molecule has 0 aromatic heterocycles. The molecule has 0 aliphatic heterocycles. The molecule has 1 saturated carbocycles. The SMILES string of the molecule is CCNCC(CC1CCCC1)c1cccc(F)c1. The molecule has 0 heterocycles. The van der Waals surface area contributed by atoms with E-state index in [2.05, 4.69) is 18.3 Å². The molecule has 1 aromatic rings. The third-order valence-electron chi connectivity index (χ3n) is 4.05. The topological polar surface area (TPSA) is 12.0 Å². The molecule has 2 heteroatoms. The minimum absolute atomic E-state index is 0.111. The molecule has 0 radical (unpaired) electrons. The van der Waals surface area contributed by atoms with E-state index < -0.39 is 0 Å². The van der Waals surface area contributed by atoms with Crippen molar-refractivity contribution in [2.24, 2.45) is 5.92 Å². The molecule has 1 atom stereocenters. The lowest BCUT2D eigenvalue weighted by molar-refractivity contribution is 0.429. The Bertz CT molecular complexity index is 358. The highest BCUT2D eigenvalue weighted by atomic mass is 19.1. The van der Waals surface area contributed by atoms with Crippen LogP contribution < -0.4 is 5.32 Å². The van der Waals surface area contributed by atoms with Gasteiger partial charge in [-0.15, -0.1) is 0 Å². The lowest BCUT2D eigenvalue weighted by Gasteiger charge is -2.21. The summed E-state index contributed by atoms with van der Waals surface area (Å²) < 4.78 is 13.3. The second-order valence-electron chi connectivity index (χ2n) is 5.45. The molecule has 1 aliphatic rings. The van der Waals surface area contributed by atoms with Crippen molar-refractivity contribution in [2.75, 3.05) is 13.1 Å². The van der Waals surface area contributed by atoms with Crippen LogP contribution in [0.4, 0.5) is 4.39 Å². The number of rotatable bonds is 6. The zero-order valence-electron chi connectivity index (χ0n) is 11.3. The van der Waals surface area contributed by atoms with Crippen molar-refractivity contribution in [3.05, 3.63) is 35.6 Å². The molecule has 2 rings (SSSR count). The highest BCUT2D eigenvalue weighted by molar-refractivity contribution is 5.21. The van der Waals surface area contributed by atoms with Crippen molar-refractivity contribution in [2.45, 2.75) is 44.9 Å².